The molecule has 0 radical (unpaired) electrons. The van der Waals surface area contributed by atoms with Gasteiger partial charge in [0.15, 0.2) is 0 Å². The van der Waals surface area contributed by atoms with Crippen molar-refractivity contribution in [3.8, 4) is 0 Å². The summed E-state index contributed by atoms with van der Waals surface area (Å²) in [6, 6.07) is 4.64. The van der Waals surface area contributed by atoms with E-state index in [-0.39, 0.29) is 5.84 Å². The van der Waals surface area contributed by atoms with Crippen LogP contribution in [0.15, 0.2) is 18.3 Å². The number of fused-ring (bicyclic) bond motifs is 1. The van der Waals surface area contributed by atoms with Crippen molar-refractivity contribution < 1.29 is 0 Å². The van der Waals surface area contributed by atoms with Crippen LogP contribution in [0.25, 0.3) is 0 Å². The third kappa shape index (κ3) is 2.06. The van der Waals surface area contributed by atoms with Crippen LogP contribution in [0, 0.1) is 5.41 Å². The number of anilines is 1. The number of rotatable bonds is 2. The average Bonchev–Trinajstić information content (AvgIpc) is 2.86. The second-order valence-electron chi connectivity index (χ2n) is 5.09. The standard InChI is InChI=1S/C13H19N5/c14-13(15)12-8-10(3-4-16-12)18-7-6-17-5-1-2-11(17)9-18/h3-4,8,11H,1-2,5-7,9H2,(H3,14,15). The Hall–Kier alpha value is -1.62. The molecule has 5 nitrogen and oxygen atoms in total. The molecule has 2 fully saturated rings. The van der Waals surface area contributed by atoms with Gasteiger partial charge in [-0.2, -0.15) is 0 Å². The molecule has 1 aromatic heterocycles. The van der Waals surface area contributed by atoms with E-state index in [1.165, 1.54) is 19.4 Å². The zero-order chi connectivity index (χ0) is 12.5. The molecule has 0 saturated carbocycles. The van der Waals surface area contributed by atoms with Crippen LogP contribution >= 0.6 is 0 Å². The maximum absolute atomic E-state index is 7.45. The second kappa shape index (κ2) is 4.57. The first kappa shape index (κ1) is 11.5. The summed E-state index contributed by atoms with van der Waals surface area (Å²) >= 11 is 0. The Morgan fingerprint density at radius 1 is 1.39 bits per heavy atom. The van der Waals surface area contributed by atoms with Gasteiger partial charge in [0.05, 0.1) is 0 Å². The van der Waals surface area contributed by atoms with E-state index in [1.807, 2.05) is 12.1 Å². The Bertz CT molecular complexity index is 458. The molecule has 0 spiro atoms. The van der Waals surface area contributed by atoms with Gasteiger partial charge in [0.1, 0.15) is 11.5 Å². The number of amidine groups is 1. The molecule has 3 N–H and O–H groups in total. The largest absolute Gasteiger partial charge is 0.382 e. The van der Waals surface area contributed by atoms with E-state index < -0.39 is 0 Å². The van der Waals surface area contributed by atoms with Crippen LogP contribution in [-0.4, -0.2) is 47.9 Å². The molecule has 1 unspecified atom stereocenters. The van der Waals surface area contributed by atoms with Crippen LogP contribution in [0.4, 0.5) is 5.69 Å². The number of hydrogen-bond donors (Lipinski definition) is 2. The first-order valence-electron chi connectivity index (χ1n) is 6.53. The number of pyridine rings is 1. The van der Waals surface area contributed by atoms with Gasteiger partial charge in [0.25, 0.3) is 0 Å². The molecular weight excluding hydrogens is 226 g/mol. The molecule has 18 heavy (non-hydrogen) atoms. The summed E-state index contributed by atoms with van der Waals surface area (Å²) in [6.45, 7) is 4.54. The lowest BCUT2D eigenvalue weighted by atomic mass is 10.1. The third-order valence-corrected chi connectivity index (χ3v) is 3.97. The fourth-order valence-corrected chi connectivity index (χ4v) is 2.99. The minimum Gasteiger partial charge on any atom is -0.382 e. The summed E-state index contributed by atoms with van der Waals surface area (Å²) < 4.78 is 0. The van der Waals surface area contributed by atoms with Gasteiger partial charge < -0.3 is 10.6 Å². The number of hydrogen-bond acceptors (Lipinski definition) is 4. The minimum absolute atomic E-state index is 0.0383. The van der Waals surface area contributed by atoms with Gasteiger partial charge >= 0.3 is 0 Å². The number of nitrogens with two attached hydrogens (primary N) is 1. The average molecular weight is 245 g/mol. The molecular formula is C13H19N5. The molecule has 5 heteroatoms. The second-order valence-corrected chi connectivity index (χ2v) is 5.09. The summed E-state index contributed by atoms with van der Waals surface area (Å²) in [6.07, 6.45) is 4.38. The van der Waals surface area contributed by atoms with E-state index in [1.54, 1.807) is 6.20 Å². The monoisotopic (exact) mass is 245 g/mol. The summed E-state index contributed by atoms with van der Waals surface area (Å²) in [4.78, 5) is 9.09. The van der Waals surface area contributed by atoms with Crippen LogP contribution in [0.2, 0.25) is 0 Å². The zero-order valence-electron chi connectivity index (χ0n) is 10.5. The highest BCUT2D eigenvalue weighted by Crippen LogP contribution is 2.25. The van der Waals surface area contributed by atoms with Gasteiger partial charge in [-0.15, -0.1) is 0 Å². The number of nitrogens with one attached hydrogen (secondary N) is 1. The molecule has 3 heterocycles. The molecule has 3 rings (SSSR count). The first-order chi connectivity index (χ1) is 8.74. The SMILES string of the molecule is N=C(N)c1cc(N2CCN3CCCC3C2)ccn1. The van der Waals surface area contributed by atoms with E-state index in [4.69, 9.17) is 11.1 Å². The molecule has 0 bridgehead atoms. The van der Waals surface area contributed by atoms with Crippen molar-refractivity contribution >= 4 is 11.5 Å². The van der Waals surface area contributed by atoms with Gasteiger partial charge in [-0.1, -0.05) is 0 Å². The maximum atomic E-state index is 7.45. The number of piperazine rings is 1. The van der Waals surface area contributed by atoms with Gasteiger partial charge in [0.2, 0.25) is 0 Å². The molecule has 2 aliphatic heterocycles. The first-order valence-corrected chi connectivity index (χ1v) is 6.53. The molecule has 2 saturated heterocycles. The van der Waals surface area contributed by atoms with Crippen molar-refractivity contribution in [2.45, 2.75) is 18.9 Å². The predicted molar refractivity (Wildman–Crippen MR) is 72.1 cm³/mol. The van der Waals surface area contributed by atoms with Crippen LogP contribution < -0.4 is 10.6 Å². The highest BCUT2D eigenvalue weighted by Gasteiger charge is 2.30. The summed E-state index contributed by atoms with van der Waals surface area (Å²) in [5.74, 6) is 0.0383. The van der Waals surface area contributed by atoms with Crippen molar-refractivity contribution in [1.82, 2.24) is 9.88 Å². The molecule has 1 atom stereocenters. The Kier molecular flexibility index (Phi) is 2.91. The minimum atomic E-state index is 0.0383. The van der Waals surface area contributed by atoms with Gasteiger partial charge in [-0.25, -0.2) is 0 Å². The lowest BCUT2D eigenvalue weighted by molar-refractivity contribution is 0.231. The third-order valence-electron chi connectivity index (χ3n) is 3.97. The quantitative estimate of drug-likeness (QED) is 0.593. The number of nitrogen functional groups attached to an aromatic ring is 1. The maximum Gasteiger partial charge on any atom is 0.141 e. The van der Waals surface area contributed by atoms with Crippen molar-refractivity contribution in [2.75, 3.05) is 31.1 Å². The normalized spacial score (nSPS) is 24.0. The highest BCUT2D eigenvalue weighted by atomic mass is 15.3. The van der Waals surface area contributed by atoms with E-state index in [0.29, 0.717) is 11.7 Å². The zero-order valence-corrected chi connectivity index (χ0v) is 10.5. The van der Waals surface area contributed by atoms with Crippen LogP contribution in [-0.2, 0) is 0 Å². The van der Waals surface area contributed by atoms with E-state index >= 15 is 0 Å². The van der Waals surface area contributed by atoms with Gasteiger partial charge in [-0.3, -0.25) is 15.3 Å². The summed E-state index contributed by atoms with van der Waals surface area (Å²) in [5.41, 5.74) is 7.20. The Morgan fingerprint density at radius 2 is 2.28 bits per heavy atom. The lowest BCUT2D eigenvalue weighted by Crippen LogP contribution is -2.50. The van der Waals surface area contributed by atoms with Crippen molar-refractivity contribution in [2.24, 2.45) is 5.73 Å². The van der Waals surface area contributed by atoms with Gasteiger partial charge in [0, 0.05) is 37.6 Å². The lowest BCUT2D eigenvalue weighted by Gasteiger charge is -2.38. The Balaban J connectivity index is 1.78. The highest BCUT2D eigenvalue weighted by molar-refractivity contribution is 5.93. The smallest absolute Gasteiger partial charge is 0.141 e. The van der Waals surface area contributed by atoms with Crippen LogP contribution in [0.5, 0.6) is 0 Å². The molecule has 2 aliphatic rings. The fourth-order valence-electron chi connectivity index (χ4n) is 2.99. The van der Waals surface area contributed by atoms with Crippen LogP contribution in [0.3, 0.4) is 0 Å². The molecule has 96 valence electrons. The summed E-state index contributed by atoms with van der Waals surface area (Å²) in [7, 11) is 0. The van der Waals surface area contributed by atoms with Crippen molar-refractivity contribution in [3.63, 3.8) is 0 Å². The molecule has 1 aromatic rings. The number of nitrogens with zero attached hydrogens (tertiary/aromatic N) is 3. The number of aromatic nitrogens is 1. The van der Waals surface area contributed by atoms with Crippen molar-refractivity contribution in [3.05, 3.63) is 24.0 Å². The van der Waals surface area contributed by atoms with E-state index in [9.17, 15) is 0 Å². The molecule has 0 aromatic carbocycles. The van der Waals surface area contributed by atoms with E-state index in [0.717, 1.165) is 25.3 Å². The molecule has 0 aliphatic carbocycles. The summed E-state index contributed by atoms with van der Waals surface area (Å²) in [5, 5.41) is 7.45. The van der Waals surface area contributed by atoms with E-state index in [2.05, 4.69) is 14.8 Å². The van der Waals surface area contributed by atoms with Gasteiger partial charge in [-0.05, 0) is 31.5 Å². The predicted octanol–water partition coefficient (Wildman–Crippen LogP) is 0.650. The Morgan fingerprint density at radius 3 is 3.11 bits per heavy atom. The van der Waals surface area contributed by atoms with Crippen molar-refractivity contribution in [1.29, 1.82) is 5.41 Å². The Labute approximate surface area is 107 Å². The molecule has 0 amide bonds. The van der Waals surface area contributed by atoms with Crippen LogP contribution in [0.1, 0.15) is 18.5 Å². The topological polar surface area (TPSA) is 69.2 Å². The fraction of sp³-hybridized carbons (Fsp3) is 0.538.